The van der Waals surface area contributed by atoms with Gasteiger partial charge in [0.1, 0.15) is 5.69 Å². The number of halogens is 1. The van der Waals surface area contributed by atoms with Gasteiger partial charge in [-0.1, -0.05) is 0 Å². The van der Waals surface area contributed by atoms with E-state index in [1.54, 1.807) is 6.92 Å². The van der Waals surface area contributed by atoms with E-state index in [-0.39, 0.29) is 6.61 Å². The molecule has 1 rings (SSSR count). The zero-order valence-electron chi connectivity index (χ0n) is 8.86. The van der Waals surface area contributed by atoms with Crippen LogP contribution in [0.15, 0.2) is 12.3 Å². The van der Waals surface area contributed by atoms with Crippen molar-refractivity contribution < 1.29 is 23.8 Å². The van der Waals surface area contributed by atoms with Crippen LogP contribution in [0.25, 0.3) is 0 Å². The lowest BCUT2D eigenvalue weighted by molar-refractivity contribution is -0.136. The minimum atomic E-state index is -1.43. The maximum atomic E-state index is 13.5. The summed E-state index contributed by atoms with van der Waals surface area (Å²) in [4.78, 5) is 25.0. The Labute approximate surface area is 96.2 Å². The Bertz CT molecular complexity index is 516. The van der Waals surface area contributed by atoms with Gasteiger partial charge in [-0.25, -0.2) is 19.0 Å². The Kier molecular flexibility index (Phi) is 4.17. The van der Waals surface area contributed by atoms with Crippen LogP contribution >= 0.6 is 0 Å². The van der Waals surface area contributed by atoms with E-state index >= 15 is 0 Å². The maximum absolute atomic E-state index is 13.5. The molecule has 1 heterocycles. The predicted molar refractivity (Wildman–Crippen MR) is 54.7 cm³/mol. The first kappa shape index (κ1) is 12.6. The van der Waals surface area contributed by atoms with Crippen LogP contribution in [0, 0.1) is 17.7 Å². The van der Waals surface area contributed by atoms with E-state index in [1.165, 1.54) is 0 Å². The lowest BCUT2D eigenvalue weighted by Crippen LogP contribution is -2.04. The van der Waals surface area contributed by atoms with Crippen molar-refractivity contribution in [1.82, 2.24) is 4.98 Å². The summed E-state index contributed by atoms with van der Waals surface area (Å²) in [7, 11) is 0. The smallest absolute Gasteiger partial charge is 0.384 e. The second kappa shape index (κ2) is 5.61. The summed E-state index contributed by atoms with van der Waals surface area (Å²) in [5.74, 6) is 0.795. The second-order valence-corrected chi connectivity index (χ2v) is 2.80. The lowest BCUT2D eigenvalue weighted by Gasteiger charge is -1.97. The molecule has 0 aliphatic heterocycles. The minimum absolute atomic E-state index is 0.151. The molecule has 6 heteroatoms. The molecular formula is C11H8FNO4. The minimum Gasteiger partial charge on any atom is -0.478 e. The summed E-state index contributed by atoms with van der Waals surface area (Å²) in [6, 6.07) is 1.01. The van der Waals surface area contributed by atoms with Crippen molar-refractivity contribution in [2.75, 3.05) is 6.61 Å². The predicted octanol–water partition coefficient (Wildman–Crippen LogP) is 0.834. The van der Waals surface area contributed by atoms with Crippen molar-refractivity contribution >= 4 is 11.9 Å². The van der Waals surface area contributed by atoms with Crippen LogP contribution in [0.2, 0.25) is 0 Å². The molecule has 17 heavy (non-hydrogen) atoms. The average Bonchev–Trinajstić information content (AvgIpc) is 2.27. The molecular weight excluding hydrogens is 229 g/mol. The second-order valence-electron chi connectivity index (χ2n) is 2.80. The van der Waals surface area contributed by atoms with Crippen molar-refractivity contribution in [1.29, 1.82) is 0 Å². The number of rotatable bonds is 2. The summed E-state index contributed by atoms with van der Waals surface area (Å²) in [6.45, 7) is 1.75. The third-order valence-electron chi connectivity index (χ3n) is 1.68. The van der Waals surface area contributed by atoms with Gasteiger partial charge >= 0.3 is 11.9 Å². The van der Waals surface area contributed by atoms with E-state index in [1.807, 2.05) is 5.92 Å². The van der Waals surface area contributed by atoms with E-state index in [0.29, 0.717) is 0 Å². The number of carbonyl (C=O) groups excluding carboxylic acids is 1. The summed E-state index contributed by atoms with van der Waals surface area (Å²) in [5.41, 5.74) is -0.953. The van der Waals surface area contributed by atoms with Gasteiger partial charge in [0.2, 0.25) is 0 Å². The van der Waals surface area contributed by atoms with Gasteiger partial charge in [0.05, 0.1) is 12.2 Å². The number of nitrogens with zero attached hydrogens (tertiary/aromatic N) is 1. The highest BCUT2D eigenvalue weighted by atomic mass is 19.1. The van der Waals surface area contributed by atoms with E-state index in [0.717, 1.165) is 12.3 Å². The Morgan fingerprint density at radius 1 is 1.59 bits per heavy atom. The van der Waals surface area contributed by atoms with Crippen molar-refractivity contribution in [3.63, 3.8) is 0 Å². The van der Waals surface area contributed by atoms with E-state index in [2.05, 4.69) is 15.6 Å². The summed E-state index contributed by atoms with van der Waals surface area (Å²) in [6.07, 6.45) is 1.10. The van der Waals surface area contributed by atoms with Crippen molar-refractivity contribution in [2.24, 2.45) is 0 Å². The summed E-state index contributed by atoms with van der Waals surface area (Å²) < 4.78 is 18.0. The zero-order valence-corrected chi connectivity index (χ0v) is 8.86. The average molecular weight is 237 g/mol. The quantitative estimate of drug-likeness (QED) is 0.609. The first-order valence-electron chi connectivity index (χ1n) is 4.62. The monoisotopic (exact) mass is 237 g/mol. The number of ether oxygens (including phenoxy) is 1. The molecule has 0 saturated carbocycles. The number of carbonyl (C=O) groups is 2. The fourth-order valence-corrected chi connectivity index (χ4v) is 0.973. The van der Waals surface area contributed by atoms with Crippen LogP contribution in [0.5, 0.6) is 0 Å². The van der Waals surface area contributed by atoms with Gasteiger partial charge < -0.3 is 9.84 Å². The van der Waals surface area contributed by atoms with Crippen molar-refractivity contribution in [3.05, 3.63) is 29.3 Å². The fourth-order valence-electron chi connectivity index (χ4n) is 0.973. The van der Waals surface area contributed by atoms with Gasteiger partial charge in [0.25, 0.3) is 0 Å². The van der Waals surface area contributed by atoms with E-state index in [4.69, 9.17) is 5.11 Å². The van der Waals surface area contributed by atoms with Gasteiger partial charge in [0.15, 0.2) is 5.82 Å². The molecule has 0 bridgehead atoms. The normalized spacial score (nSPS) is 9.06. The topological polar surface area (TPSA) is 76.5 Å². The molecule has 5 nitrogen and oxygen atoms in total. The molecule has 88 valence electrons. The number of carboxylic acid groups (broad SMARTS) is 1. The fraction of sp³-hybridized carbons (Fsp3) is 0.182. The van der Waals surface area contributed by atoms with Gasteiger partial charge in [0, 0.05) is 12.1 Å². The zero-order chi connectivity index (χ0) is 12.8. The molecule has 0 aromatic carbocycles. The molecule has 0 saturated heterocycles. The summed E-state index contributed by atoms with van der Waals surface area (Å²) in [5, 5.41) is 8.64. The molecule has 0 amide bonds. The molecule has 0 radical (unpaired) electrons. The maximum Gasteiger partial charge on any atom is 0.384 e. The number of esters is 1. The molecule has 0 unspecified atom stereocenters. The number of pyridine rings is 1. The highest BCUT2D eigenvalue weighted by Crippen LogP contribution is 2.09. The third kappa shape index (κ3) is 3.28. The van der Waals surface area contributed by atoms with Crippen LogP contribution in [-0.2, 0) is 9.53 Å². The third-order valence-corrected chi connectivity index (χ3v) is 1.68. The van der Waals surface area contributed by atoms with Crippen molar-refractivity contribution in [3.8, 4) is 11.8 Å². The Hall–Kier alpha value is -2.42. The molecule has 0 fully saturated rings. The molecule has 0 aliphatic rings. The van der Waals surface area contributed by atoms with Crippen LogP contribution < -0.4 is 0 Å². The number of aromatic carboxylic acids is 1. The van der Waals surface area contributed by atoms with Crippen molar-refractivity contribution in [2.45, 2.75) is 6.92 Å². The first-order chi connectivity index (χ1) is 8.06. The first-order valence-corrected chi connectivity index (χ1v) is 4.62. The number of carboxylic acids is 1. The molecule has 1 aromatic rings. The van der Waals surface area contributed by atoms with Crippen LogP contribution in [-0.4, -0.2) is 28.6 Å². The number of aromatic nitrogens is 1. The van der Waals surface area contributed by atoms with Gasteiger partial charge in [-0.2, -0.15) is 0 Å². The Morgan fingerprint density at radius 2 is 2.29 bits per heavy atom. The van der Waals surface area contributed by atoms with Crippen LogP contribution in [0.3, 0.4) is 0 Å². The lowest BCUT2D eigenvalue weighted by atomic mass is 10.2. The molecule has 1 N–H and O–H groups in total. The van der Waals surface area contributed by atoms with Gasteiger partial charge in [-0.3, -0.25) is 0 Å². The van der Waals surface area contributed by atoms with E-state index in [9.17, 15) is 14.0 Å². The summed E-state index contributed by atoms with van der Waals surface area (Å²) >= 11 is 0. The number of hydrogen-bond acceptors (Lipinski definition) is 4. The SMILES string of the molecule is CCOC(=O)C#Cc1nccc(C(=O)O)c1F. The van der Waals surface area contributed by atoms with Gasteiger partial charge in [-0.05, 0) is 18.9 Å². The molecule has 0 atom stereocenters. The number of hydrogen-bond donors (Lipinski definition) is 1. The molecule has 0 aliphatic carbocycles. The Balaban J connectivity index is 3.04. The van der Waals surface area contributed by atoms with Crippen LogP contribution in [0.1, 0.15) is 23.0 Å². The Morgan fingerprint density at radius 3 is 2.88 bits per heavy atom. The van der Waals surface area contributed by atoms with Crippen LogP contribution in [0.4, 0.5) is 4.39 Å². The standard InChI is InChI=1S/C11H8FNO4/c1-2-17-9(14)4-3-8-10(12)7(11(15)16)5-6-13-8/h5-6H,2H2,1H3,(H,15,16). The van der Waals surface area contributed by atoms with Gasteiger partial charge in [-0.15, -0.1) is 0 Å². The largest absolute Gasteiger partial charge is 0.478 e. The molecule has 1 aromatic heterocycles. The highest BCUT2D eigenvalue weighted by Gasteiger charge is 2.13. The van der Waals surface area contributed by atoms with E-state index < -0.39 is 29.0 Å². The highest BCUT2D eigenvalue weighted by molar-refractivity contribution is 5.90. The molecule has 0 spiro atoms.